The molecule has 0 saturated carbocycles. The molecule has 96 valence electrons. The maximum atomic E-state index is 8.86. The van der Waals surface area contributed by atoms with Crippen LogP contribution in [0.1, 0.15) is 16.9 Å². The Bertz CT molecular complexity index is 787. The van der Waals surface area contributed by atoms with Crippen LogP contribution in [0.4, 0.5) is 0 Å². The van der Waals surface area contributed by atoms with Gasteiger partial charge < -0.3 is 9.15 Å². The molecule has 1 unspecified atom stereocenters. The average molecular weight is 261 g/mol. The smallest absolute Gasteiger partial charge is 0.174 e. The Kier molecular flexibility index (Phi) is 2.23. The van der Waals surface area contributed by atoms with E-state index in [1.807, 2.05) is 42.5 Å². The van der Waals surface area contributed by atoms with Crippen molar-refractivity contribution in [3.63, 3.8) is 0 Å². The van der Waals surface area contributed by atoms with Crippen LogP contribution < -0.4 is 0 Å². The number of epoxide rings is 1. The molecule has 0 spiro atoms. The lowest BCUT2D eigenvalue weighted by atomic mass is 9.96. The molecule has 0 N–H and O–H groups in total. The van der Waals surface area contributed by atoms with Gasteiger partial charge in [0.2, 0.25) is 0 Å². The molecule has 0 aliphatic carbocycles. The van der Waals surface area contributed by atoms with Gasteiger partial charge in [0, 0.05) is 5.39 Å². The Morgan fingerprint density at radius 3 is 2.45 bits per heavy atom. The lowest BCUT2D eigenvalue weighted by Gasteiger charge is -2.09. The summed E-state index contributed by atoms with van der Waals surface area (Å²) < 4.78 is 11.6. The van der Waals surface area contributed by atoms with Gasteiger partial charge in [0.15, 0.2) is 5.60 Å². The summed E-state index contributed by atoms with van der Waals surface area (Å²) in [7, 11) is 0. The highest BCUT2D eigenvalue weighted by Gasteiger charge is 2.51. The number of benzene rings is 2. The van der Waals surface area contributed by atoms with Crippen LogP contribution in [0.25, 0.3) is 11.0 Å². The Morgan fingerprint density at radius 1 is 1.05 bits per heavy atom. The van der Waals surface area contributed by atoms with Crippen LogP contribution in [0.3, 0.4) is 0 Å². The Labute approximate surface area is 116 Å². The van der Waals surface area contributed by atoms with Crippen LogP contribution >= 0.6 is 0 Å². The molecule has 1 aliphatic heterocycles. The van der Waals surface area contributed by atoms with E-state index < -0.39 is 5.60 Å². The summed E-state index contributed by atoms with van der Waals surface area (Å²) >= 11 is 0. The summed E-state index contributed by atoms with van der Waals surface area (Å²) in [6.07, 6.45) is 0. The van der Waals surface area contributed by atoms with Crippen LogP contribution in [0.15, 0.2) is 59.0 Å². The molecule has 4 rings (SSSR count). The molecule has 1 atom stereocenters. The summed E-state index contributed by atoms with van der Waals surface area (Å²) in [5.41, 5.74) is 2.06. The van der Waals surface area contributed by atoms with Gasteiger partial charge in [-0.25, -0.2) is 0 Å². The number of nitrogens with zero attached hydrogens (tertiary/aromatic N) is 1. The third kappa shape index (κ3) is 1.56. The predicted octanol–water partition coefficient (Wildman–Crippen LogP) is 3.58. The maximum Gasteiger partial charge on any atom is 0.174 e. The zero-order chi connectivity index (χ0) is 13.6. The molecule has 1 aliphatic rings. The fourth-order valence-corrected chi connectivity index (χ4v) is 2.52. The van der Waals surface area contributed by atoms with Gasteiger partial charge in [0.25, 0.3) is 0 Å². The Hall–Kier alpha value is -2.57. The number of nitriles is 1. The molecular formula is C17H11NO2. The summed E-state index contributed by atoms with van der Waals surface area (Å²) in [6, 6.07) is 19.5. The van der Waals surface area contributed by atoms with Gasteiger partial charge in [0.1, 0.15) is 11.3 Å². The van der Waals surface area contributed by atoms with Gasteiger partial charge in [-0.2, -0.15) is 5.26 Å². The molecule has 0 bridgehead atoms. The van der Waals surface area contributed by atoms with E-state index in [9.17, 15) is 0 Å². The second-order valence-corrected chi connectivity index (χ2v) is 4.95. The molecule has 1 fully saturated rings. The molecule has 0 amide bonds. The molecule has 3 aromatic rings. The fourth-order valence-electron chi connectivity index (χ4n) is 2.52. The molecular weight excluding hydrogens is 250 g/mol. The van der Waals surface area contributed by atoms with Crippen molar-refractivity contribution in [3.8, 4) is 6.07 Å². The molecule has 0 radical (unpaired) electrons. The van der Waals surface area contributed by atoms with Crippen molar-refractivity contribution in [2.24, 2.45) is 0 Å². The zero-order valence-electron chi connectivity index (χ0n) is 10.7. The lowest BCUT2D eigenvalue weighted by molar-refractivity contribution is 0.310. The topological polar surface area (TPSA) is 49.5 Å². The number of hydrogen-bond donors (Lipinski definition) is 0. The van der Waals surface area contributed by atoms with Gasteiger partial charge in [-0.3, -0.25) is 0 Å². The van der Waals surface area contributed by atoms with Crippen LogP contribution in [0.2, 0.25) is 0 Å². The normalized spacial score (nSPS) is 20.8. The van der Waals surface area contributed by atoms with Crippen molar-refractivity contribution >= 4 is 11.0 Å². The predicted molar refractivity (Wildman–Crippen MR) is 74.1 cm³/mol. The average Bonchev–Trinajstić information content (AvgIpc) is 3.20. The fraction of sp³-hybridized carbons (Fsp3) is 0.118. The Balaban J connectivity index is 1.81. The first kappa shape index (κ1) is 11.3. The minimum atomic E-state index is -0.479. The zero-order valence-corrected chi connectivity index (χ0v) is 10.7. The number of para-hydroxylation sites is 1. The van der Waals surface area contributed by atoms with E-state index in [1.165, 1.54) is 0 Å². The number of rotatable bonds is 2. The van der Waals surface area contributed by atoms with E-state index in [1.54, 1.807) is 12.1 Å². The van der Waals surface area contributed by atoms with E-state index >= 15 is 0 Å². The minimum Gasteiger partial charge on any atom is -0.458 e. The van der Waals surface area contributed by atoms with Crippen molar-refractivity contribution in [1.82, 2.24) is 0 Å². The van der Waals surface area contributed by atoms with Crippen LogP contribution in [0, 0.1) is 11.3 Å². The second-order valence-electron chi connectivity index (χ2n) is 4.95. The maximum absolute atomic E-state index is 8.86. The van der Waals surface area contributed by atoms with Crippen LogP contribution in [-0.2, 0) is 10.3 Å². The van der Waals surface area contributed by atoms with E-state index in [0.717, 1.165) is 22.3 Å². The van der Waals surface area contributed by atoms with Gasteiger partial charge in [-0.15, -0.1) is 0 Å². The van der Waals surface area contributed by atoms with Crippen molar-refractivity contribution in [2.45, 2.75) is 5.60 Å². The van der Waals surface area contributed by atoms with Gasteiger partial charge in [0.05, 0.1) is 18.2 Å². The molecule has 2 aromatic carbocycles. The molecule has 1 saturated heterocycles. The monoisotopic (exact) mass is 261 g/mol. The number of ether oxygens (including phenoxy) is 1. The van der Waals surface area contributed by atoms with E-state index in [-0.39, 0.29) is 0 Å². The number of fused-ring (bicyclic) bond motifs is 1. The molecule has 20 heavy (non-hydrogen) atoms. The van der Waals surface area contributed by atoms with E-state index in [2.05, 4.69) is 6.07 Å². The van der Waals surface area contributed by atoms with E-state index in [0.29, 0.717) is 12.2 Å². The minimum absolute atomic E-state index is 0.479. The number of hydrogen-bond acceptors (Lipinski definition) is 3. The van der Waals surface area contributed by atoms with Gasteiger partial charge in [-0.1, -0.05) is 30.3 Å². The first-order chi connectivity index (χ1) is 9.82. The molecule has 3 heteroatoms. The molecule has 2 heterocycles. The van der Waals surface area contributed by atoms with E-state index in [4.69, 9.17) is 14.4 Å². The molecule has 3 nitrogen and oxygen atoms in total. The third-order valence-corrected chi connectivity index (χ3v) is 3.74. The lowest BCUT2D eigenvalue weighted by Crippen LogP contribution is -2.09. The summed E-state index contributed by atoms with van der Waals surface area (Å²) in [6.45, 7) is 0.610. The van der Waals surface area contributed by atoms with Crippen molar-refractivity contribution in [1.29, 1.82) is 5.26 Å². The highest BCUT2D eigenvalue weighted by molar-refractivity contribution is 5.78. The quantitative estimate of drug-likeness (QED) is 0.662. The van der Waals surface area contributed by atoms with Crippen LogP contribution in [-0.4, -0.2) is 6.61 Å². The summed E-state index contributed by atoms with van der Waals surface area (Å²) in [4.78, 5) is 0. The second kappa shape index (κ2) is 3.96. The first-order valence-corrected chi connectivity index (χ1v) is 6.45. The SMILES string of the molecule is N#Cc1ccc(C2(c3cc4ccccc4o3)CO2)cc1. The van der Waals surface area contributed by atoms with Gasteiger partial charge in [-0.05, 0) is 29.8 Å². The van der Waals surface area contributed by atoms with Crippen molar-refractivity contribution < 1.29 is 9.15 Å². The summed E-state index contributed by atoms with van der Waals surface area (Å²) in [5, 5.41) is 9.93. The highest BCUT2D eigenvalue weighted by Crippen LogP contribution is 2.46. The molecule has 1 aromatic heterocycles. The van der Waals surface area contributed by atoms with Crippen molar-refractivity contribution in [3.05, 3.63) is 71.5 Å². The first-order valence-electron chi connectivity index (χ1n) is 6.45. The van der Waals surface area contributed by atoms with Crippen LogP contribution in [0.5, 0.6) is 0 Å². The number of furan rings is 1. The highest BCUT2D eigenvalue weighted by atomic mass is 16.6. The third-order valence-electron chi connectivity index (χ3n) is 3.74. The Morgan fingerprint density at radius 2 is 1.80 bits per heavy atom. The summed E-state index contributed by atoms with van der Waals surface area (Å²) in [5.74, 6) is 0.823. The van der Waals surface area contributed by atoms with Gasteiger partial charge >= 0.3 is 0 Å². The largest absolute Gasteiger partial charge is 0.458 e. The standard InChI is InChI=1S/C17H11NO2/c18-10-12-5-7-14(8-6-12)17(11-19-17)16-9-13-3-1-2-4-15(13)20-16/h1-9H,11H2. The van der Waals surface area contributed by atoms with Crippen molar-refractivity contribution in [2.75, 3.05) is 6.61 Å².